The molecule has 1 aromatic heterocycles. The smallest absolute Gasteiger partial charge is 0.168 e. The van der Waals surface area contributed by atoms with Gasteiger partial charge in [-0.2, -0.15) is 0 Å². The van der Waals surface area contributed by atoms with Crippen molar-refractivity contribution in [3.8, 4) is 22.6 Å². The van der Waals surface area contributed by atoms with Crippen LogP contribution in [-0.2, 0) is 6.54 Å². The highest BCUT2D eigenvalue weighted by Crippen LogP contribution is 2.26. The molecule has 4 nitrogen and oxygen atoms in total. The van der Waals surface area contributed by atoms with Crippen LogP contribution in [0.2, 0.25) is 5.02 Å². The highest BCUT2D eigenvalue weighted by Gasteiger charge is 2.13. The van der Waals surface area contributed by atoms with Crippen LogP contribution in [0.1, 0.15) is 16.1 Å². The van der Waals surface area contributed by atoms with Gasteiger partial charge in [-0.05, 0) is 31.8 Å². The summed E-state index contributed by atoms with van der Waals surface area (Å²) in [5.74, 6) is 0.679. The molecule has 3 aromatic rings. The van der Waals surface area contributed by atoms with Gasteiger partial charge in [-0.25, -0.2) is 4.98 Å². The molecule has 2 aromatic carbocycles. The van der Waals surface area contributed by atoms with Crippen LogP contribution in [0.25, 0.3) is 22.6 Å². The molecular weight excluding hydrogens is 322 g/mol. The lowest BCUT2D eigenvalue weighted by Gasteiger charge is -2.09. The van der Waals surface area contributed by atoms with E-state index in [0.29, 0.717) is 22.2 Å². The first-order valence-corrected chi connectivity index (χ1v) is 8.00. The summed E-state index contributed by atoms with van der Waals surface area (Å²) in [6.07, 6.45) is 0.793. The standard InChI is InChI=1S/C19H18ClN3O/c1-23(2)11-13-3-5-15(6-4-13)19-21-17(12-24)18(22-19)14-7-9-16(20)10-8-14/h3-10,12H,11H2,1-2H3,(H,21,22). The predicted molar refractivity (Wildman–Crippen MR) is 97.2 cm³/mol. The van der Waals surface area contributed by atoms with Crippen LogP contribution in [0.5, 0.6) is 0 Å². The molecule has 0 spiro atoms. The monoisotopic (exact) mass is 339 g/mol. The average molecular weight is 340 g/mol. The molecule has 0 aliphatic rings. The van der Waals surface area contributed by atoms with Gasteiger partial charge in [0.2, 0.25) is 0 Å². The second-order valence-electron chi connectivity index (χ2n) is 5.91. The number of halogens is 1. The fraction of sp³-hybridized carbons (Fsp3) is 0.158. The number of rotatable bonds is 5. The number of H-pyrrole nitrogens is 1. The molecule has 0 amide bonds. The molecule has 0 aliphatic carbocycles. The third-order valence-electron chi connectivity index (χ3n) is 3.69. The van der Waals surface area contributed by atoms with Crippen molar-refractivity contribution in [2.75, 3.05) is 14.1 Å². The molecule has 0 aliphatic heterocycles. The highest BCUT2D eigenvalue weighted by molar-refractivity contribution is 6.30. The maximum absolute atomic E-state index is 11.4. The lowest BCUT2D eigenvalue weighted by Crippen LogP contribution is -2.10. The van der Waals surface area contributed by atoms with Crippen molar-refractivity contribution in [3.05, 3.63) is 64.8 Å². The van der Waals surface area contributed by atoms with Gasteiger partial charge >= 0.3 is 0 Å². The Kier molecular flexibility index (Phi) is 4.79. The Morgan fingerprint density at radius 2 is 1.67 bits per heavy atom. The van der Waals surface area contributed by atoms with E-state index in [9.17, 15) is 4.79 Å². The number of nitrogens with zero attached hydrogens (tertiary/aromatic N) is 2. The molecule has 0 bridgehead atoms. The van der Waals surface area contributed by atoms with E-state index in [1.165, 1.54) is 5.56 Å². The summed E-state index contributed by atoms with van der Waals surface area (Å²) in [5.41, 5.74) is 4.12. The van der Waals surface area contributed by atoms with Crippen molar-refractivity contribution in [3.63, 3.8) is 0 Å². The van der Waals surface area contributed by atoms with Crippen molar-refractivity contribution in [1.29, 1.82) is 0 Å². The van der Waals surface area contributed by atoms with E-state index in [0.717, 1.165) is 24.0 Å². The molecule has 0 saturated heterocycles. The molecule has 0 atom stereocenters. The van der Waals surface area contributed by atoms with Crippen LogP contribution in [0.4, 0.5) is 0 Å². The molecule has 0 unspecified atom stereocenters. The van der Waals surface area contributed by atoms with E-state index in [4.69, 9.17) is 11.6 Å². The first-order chi connectivity index (χ1) is 11.6. The summed E-state index contributed by atoms with van der Waals surface area (Å²) in [4.78, 5) is 21.2. The maximum Gasteiger partial charge on any atom is 0.168 e. The zero-order valence-electron chi connectivity index (χ0n) is 13.6. The fourth-order valence-corrected chi connectivity index (χ4v) is 2.70. The number of hydrogen-bond donors (Lipinski definition) is 1. The van der Waals surface area contributed by atoms with E-state index in [1.807, 2.05) is 38.4 Å². The van der Waals surface area contributed by atoms with Gasteiger partial charge in [-0.15, -0.1) is 0 Å². The molecule has 122 valence electrons. The van der Waals surface area contributed by atoms with Crippen molar-refractivity contribution in [2.24, 2.45) is 0 Å². The molecule has 24 heavy (non-hydrogen) atoms. The second-order valence-corrected chi connectivity index (χ2v) is 6.34. The number of benzene rings is 2. The maximum atomic E-state index is 11.4. The van der Waals surface area contributed by atoms with Crippen LogP contribution in [-0.4, -0.2) is 35.2 Å². The number of carbonyl (C=O) groups excluding carboxylic acids is 1. The van der Waals surface area contributed by atoms with Gasteiger partial charge in [-0.1, -0.05) is 48.0 Å². The second kappa shape index (κ2) is 6.99. The number of aromatic nitrogens is 2. The SMILES string of the molecule is CN(C)Cc1ccc(-c2nc(-c3ccc(Cl)cc3)c(C=O)[nH]2)cc1. The zero-order chi connectivity index (χ0) is 17.1. The summed E-state index contributed by atoms with van der Waals surface area (Å²) in [7, 11) is 4.07. The van der Waals surface area contributed by atoms with Crippen molar-refractivity contribution in [2.45, 2.75) is 6.54 Å². The Hall–Kier alpha value is -2.43. The Morgan fingerprint density at radius 1 is 1.04 bits per heavy atom. The van der Waals surface area contributed by atoms with Crippen LogP contribution >= 0.6 is 11.6 Å². The Labute approximate surface area is 146 Å². The van der Waals surface area contributed by atoms with Gasteiger partial charge in [0.1, 0.15) is 11.5 Å². The summed E-state index contributed by atoms with van der Waals surface area (Å²) in [5, 5.41) is 0.652. The molecule has 0 radical (unpaired) electrons. The summed E-state index contributed by atoms with van der Waals surface area (Å²) >= 11 is 5.92. The summed E-state index contributed by atoms with van der Waals surface area (Å²) < 4.78 is 0. The van der Waals surface area contributed by atoms with Gasteiger partial charge < -0.3 is 9.88 Å². The number of nitrogens with one attached hydrogen (secondary N) is 1. The van der Waals surface area contributed by atoms with E-state index in [1.54, 1.807) is 12.1 Å². The van der Waals surface area contributed by atoms with Gasteiger partial charge in [0, 0.05) is 22.7 Å². The van der Waals surface area contributed by atoms with Crippen LogP contribution in [0.15, 0.2) is 48.5 Å². The van der Waals surface area contributed by atoms with Crippen LogP contribution in [0.3, 0.4) is 0 Å². The zero-order valence-corrected chi connectivity index (χ0v) is 14.3. The first-order valence-electron chi connectivity index (χ1n) is 7.62. The van der Waals surface area contributed by atoms with Crippen molar-refractivity contribution < 1.29 is 4.79 Å². The molecule has 0 saturated carbocycles. The third kappa shape index (κ3) is 3.55. The Balaban J connectivity index is 1.95. The normalized spacial score (nSPS) is 11.0. The Morgan fingerprint density at radius 3 is 2.25 bits per heavy atom. The first kappa shape index (κ1) is 16.4. The van der Waals surface area contributed by atoms with Gasteiger partial charge in [0.15, 0.2) is 6.29 Å². The van der Waals surface area contributed by atoms with Gasteiger partial charge in [0.25, 0.3) is 0 Å². The molecule has 1 N–H and O–H groups in total. The number of aromatic amines is 1. The van der Waals surface area contributed by atoms with Gasteiger partial charge in [0.05, 0.1) is 5.69 Å². The minimum Gasteiger partial charge on any atom is -0.335 e. The van der Waals surface area contributed by atoms with Crippen molar-refractivity contribution in [1.82, 2.24) is 14.9 Å². The van der Waals surface area contributed by atoms with Crippen LogP contribution in [0, 0.1) is 0 Å². The number of imidazole rings is 1. The third-order valence-corrected chi connectivity index (χ3v) is 3.95. The van der Waals surface area contributed by atoms with Crippen molar-refractivity contribution >= 4 is 17.9 Å². The van der Waals surface area contributed by atoms with Crippen LogP contribution < -0.4 is 0 Å². The number of aldehydes is 1. The molecule has 1 heterocycles. The minimum atomic E-state index is 0.463. The molecule has 3 rings (SSSR count). The minimum absolute atomic E-state index is 0.463. The van der Waals surface area contributed by atoms with E-state index in [2.05, 4.69) is 27.0 Å². The van der Waals surface area contributed by atoms with E-state index in [-0.39, 0.29) is 0 Å². The fourth-order valence-electron chi connectivity index (χ4n) is 2.57. The lowest BCUT2D eigenvalue weighted by molar-refractivity contribution is 0.112. The largest absolute Gasteiger partial charge is 0.335 e. The Bertz CT molecular complexity index is 836. The average Bonchev–Trinajstić information content (AvgIpc) is 3.00. The summed E-state index contributed by atoms with van der Waals surface area (Å²) in [6.45, 7) is 0.883. The quantitative estimate of drug-likeness (QED) is 0.706. The number of hydrogen-bond acceptors (Lipinski definition) is 3. The van der Waals surface area contributed by atoms with Gasteiger partial charge in [-0.3, -0.25) is 4.79 Å². The number of carbonyl (C=O) groups is 1. The highest BCUT2D eigenvalue weighted by atomic mass is 35.5. The lowest BCUT2D eigenvalue weighted by atomic mass is 10.1. The topological polar surface area (TPSA) is 49.0 Å². The van der Waals surface area contributed by atoms with E-state index >= 15 is 0 Å². The molecule has 0 fully saturated rings. The molecular formula is C19H18ClN3O. The summed E-state index contributed by atoms with van der Waals surface area (Å²) in [6, 6.07) is 15.5. The van der Waals surface area contributed by atoms with E-state index < -0.39 is 0 Å². The molecule has 5 heteroatoms. The predicted octanol–water partition coefficient (Wildman–Crippen LogP) is 4.27.